The molecule has 1 N–H and O–H groups in total. The highest BCUT2D eigenvalue weighted by atomic mass is 16.3. The van der Waals surface area contributed by atoms with Crippen LogP contribution in [0.2, 0.25) is 0 Å². The molecule has 1 heterocycles. The first-order chi connectivity index (χ1) is 6.42. The molecule has 2 nitrogen and oxygen atoms in total. The van der Waals surface area contributed by atoms with Gasteiger partial charge in [-0.1, -0.05) is 26.7 Å². The summed E-state index contributed by atoms with van der Waals surface area (Å²) in [5, 5.41) is 9.64. The molecule has 0 aromatic rings. The maximum absolute atomic E-state index is 9.64. The first kappa shape index (κ1) is 12.0. The molecule has 84 valence electrons. The van der Waals surface area contributed by atoms with Crippen LogP contribution in [0.4, 0.5) is 0 Å². The van der Waals surface area contributed by atoms with E-state index >= 15 is 0 Å². The molecular weight excluding hydrogens is 174 g/mol. The summed E-state index contributed by atoms with van der Waals surface area (Å²) in [6, 6.07) is 0. The maximum atomic E-state index is 9.64. The van der Waals surface area contributed by atoms with Crippen molar-refractivity contribution >= 4 is 0 Å². The van der Waals surface area contributed by atoms with Gasteiger partial charge in [0.25, 0.3) is 0 Å². The highest BCUT2D eigenvalue weighted by Crippen LogP contribution is 2.27. The van der Waals surface area contributed by atoms with Crippen LogP contribution in [0.15, 0.2) is 0 Å². The van der Waals surface area contributed by atoms with Crippen molar-refractivity contribution in [3.05, 3.63) is 0 Å². The van der Waals surface area contributed by atoms with Crippen LogP contribution in [0.25, 0.3) is 0 Å². The Balaban J connectivity index is 2.17. The van der Waals surface area contributed by atoms with Crippen LogP contribution in [-0.2, 0) is 0 Å². The zero-order valence-electron chi connectivity index (χ0n) is 10.1. The van der Waals surface area contributed by atoms with E-state index in [1.165, 1.54) is 25.9 Å². The Labute approximate surface area is 88.3 Å². The third-order valence-corrected chi connectivity index (χ3v) is 3.14. The summed E-state index contributed by atoms with van der Waals surface area (Å²) in [6.07, 6.45) is 2.64. The largest absolute Gasteiger partial charge is 0.389 e. The number of hydrogen-bond donors (Lipinski definition) is 1. The predicted octanol–water partition coefficient (Wildman–Crippen LogP) is 2.13. The van der Waals surface area contributed by atoms with Crippen LogP contribution in [0, 0.1) is 11.8 Å². The molecule has 1 fully saturated rings. The van der Waals surface area contributed by atoms with Crippen molar-refractivity contribution < 1.29 is 5.11 Å². The van der Waals surface area contributed by atoms with Gasteiger partial charge in [-0.05, 0) is 25.7 Å². The van der Waals surface area contributed by atoms with Crippen molar-refractivity contribution in [2.24, 2.45) is 11.8 Å². The van der Waals surface area contributed by atoms with Crippen LogP contribution in [0.1, 0.15) is 40.5 Å². The Morgan fingerprint density at radius 3 is 2.43 bits per heavy atom. The van der Waals surface area contributed by atoms with E-state index < -0.39 is 5.60 Å². The molecule has 1 aliphatic heterocycles. The van der Waals surface area contributed by atoms with E-state index in [0.717, 1.165) is 18.4 Å². The van der Waals surface area contributed by atoms with Gasteiger partial charge in [0.15, 0.2) is 0 Å². The highest BCUT2D eigenvalue weighted by molar-refractivity contribution is 4.86. The van der Waals surface area contributed by atoms with Crippen molar-refractivity contribution in [2.45, 2.75) is 46.1 Å². The topological polar surface area (TPSA) is 23.5 Å². The number of β-amino-alcohol motifs (C(OH)–C–C–N with tert-alkyl or cyclic N) is 1. The van der Waals surface area contributed by atoms with E-state index in [-0.39, 0.29) is 0 Å². The summed E-state index contributed by atoms with van der Waals surface area (Å²) >= 11 is 0. The van der Waals surface area contributed by atoms with Gasteiger partial charge in [0.2, 0.25) is 0 Å². The zero-order chi connectivity index (χ0) is 10.8. The molecule has 0 bridgehead atoms. The molecule has 2 heteroatoms. The van der Waals surface area contributed by atoms with Gasteiger partial charge < -0.3 is 5.11 Å². The predicted molar refractivity (Wildman–Crippen MR) is 60.3 cm³/mol. The molecule has 1 atom stereocenters. The van der Waals surface area contributed by atoms with E-state index in [2.05, 4.69) is 18.7 Å². The molecule has 0 radical (unpaired) electrons. The van der Waals surface area contributed by atoms with Gasteiger partial charge in [0.05, 0.1) is 5.60 Å². The van der Waals surface area contributed by atoms with Crippen molar-refractivity contribution in [3.8, 4) is 0 Å². The summed E-state index contributed by atoms with van der Waals surface area (Å²) in [4.78, 5) is 2.36. The van der Waals surface area contributed by atoms with Gasteiger partial charge >= 0.3 is 0 Å². The summed E-state index contributed by atoms with van der Waals surface area (Å²) in [5.74, 6) is 1.73. The molecular formula is C12H25NO. The minimum atomic E-state index is -0.529. The van der Waals surface area contributed by atoms with E-state index in [9.17, 15) is 5.11 Å². The second kappa shape index (κ2) is 4.63. The van der Waals surface area contributed by atoms with Gasteiger partial charge in [-0.25, -0.2) is 0 Å². The van der Waals surface area contributed by atoms with Crippen LogP contribution >= 0.6 is 0 Å². The van der Waals surface area contributed by atoms with Gasteiger partial charge in [0.1, 0.15) is 0 Å². The Kier molecular flexibility index (Phi) is 3.96. The lowest BCUT2D eigenvalue weighted by Crippen LogP contribution is -2.53. The average Bonchev–Trinajstić information content (AvgIpc) is 1.94. The summed E-state index contributed by atoms with van der Waals surface area (Å²) in [6.45, 7) is 11.6. The van der Waals surface area contributed by atoms with Crippen LogP contribution in [-0.4, -0.2) is 35.2 Å². The average molecular weight is 199 g/mol. The third-order valence-electron chi connectivity index (χ3n) is 3.14. The minimum Gasteiger partial charge on any atom is -0.389 e. The van der Waals surface area contributed by atoms with E-state index in [1.807, 2.05) is 13.8 Å². The quantitative estimate of drug-likeness (QED) is 0.733. The number of likely N-dealkylation sites (tertiary alicyclic amines) is 1. The van der Waals surface area contributed by atoms with Crippen molar-refractivity contribution in [2.75, 3.05) is 19.6 Å². The third kappa shape index (κ3) is 3.58. The second-order valence-electron chi connectivity index (χ2n) is 5.53. The summed E-state index contributed by atoms with van der Waals surface area (Å²) in [7, 11) is 0. The normalized spacial score (nSPS) is 22.1. The Hall–Kier alpha value is -0.0800. The molecule has 1 saturated heterocycles. The minimum absolute atomic E-state index is 0.529. The monoisotopic (exact) mass is 199 g/mol. The van der Waals surface area contributed by atoms with Crippen LogP contribution < -0.4 is 0 Å². The SMILES string of the molecule is CCCC(C)C1CN(CC(C)(C)O)C1. The molecule has 1 rings (SSSR count). The smallest absolute Gasteiger partial charge is 0.0718 e. The van der Waals surface area contributed by atoms with Crippen molar-refractivity contribution in [1.82, 2.24) is 4.90 Å². The van der Waals surface area contributed by atoms with Crippen molar-refractivity contribution in [1.29, 1.82) is 0 Å². The van der Waals surface area contributed by atoms with Gasteiger partial charge in [-0.3, -0.25) is 4.90 Å². The molecule has 0 aromatic carbocycles. The van der Waals surface area contributed by atoms with E-state index in [4.69, 9.17) is 0 Å². The fraction of sp³-hybridized carbons (Fsp3) is 1.00. The molecule has 0 aliphatic carbocycles. The van der Waals surface area contributed by atoms with Crippen LogP contribution in [0.3, 0.4) is 0 Å². The zero-order valence-corrected chi connectivity index (χ0v) is 10.1. The molecule has 0 saturated carbocycles. The first-order valence-electron chi connectivity index (χ1n) is 5.87. The number of rotatable bonds is 5. The number of aliphatic hydroxyl groups is 1. The van der Waals surface area contributed by atoms with Gasteiger partial charge in [-0.2, -0.15) is 0 Å². The van der Waals surface area contributed by atoms with E-state index in [1.54, 1.807) is 0 Å². The van der Waals surface area contributed by atoms with Crippen LogP contribution in [0.5, 0.6) is 0 Å². The molecule has 1 unspecified atom stereocenters. The Bertz CT molecular complexity index is 168. The summed E-state index contributed by atoms with van der Waals surface area (Å²) in [5.41, 5.74) is -0.529. The lowest BCUT2D eigenvalue weighted by Gasteiger charge is -2.44. The lowest BCUT2D eigenvalue weighted by atomic mass is 9.83. The molecule has 14 heavy (non-hydrogen) atoms. The van der Waals surface area contributed by atoms with Gasteiger partial charge in [0, 0.05) is 19.6 Å². The number of hydrogen-bond acceptors (Lipinski definition) is 2. The van der Waals surface area contributed by atoms with Crippen molar-refractivity contribution in [3.63, 3.8) is 0 Å². The molecule has 0 aromatic heterocycles. The highest BCUT2D eigenvalue weighted by Gasteiger charge is 2.32. The summed E-state index contributed by atoms with van der Waals surface area (Å²) < 4.78 is 0. The standard InChI is InChI=1S/C12H25NO/c1-5-6-10(2)11-7-13(8-11)9-12(3,4)14/h10-11,14H,5-9H2,1-4H3. The first-order valence-corrected chi connectivity index (χ1v) is 5.87. The number of nitrogens with zero attached hydrogens (tertiary/aromatic N) is 1. The fourth-order valence-electron chi connectivity index (χ4n) is 2.34. The Morgan fingerprint density at radius 1 is 1.43 bits per heavy atom. The maximum Gasteiger partial charge on any atom is 0.0718 e. The Morgan fingerprint density at radius 2 is 2.00 bits per heavy atom. The lowest BCUT2D eigenvalue weighted by molar-refractivity contribution is -0.0213. The molecule has 1 aliphatic rings. The molecule has 0 spiro atoms. The second-order valence-corrected chi connectivity index (χ2v) is 5.53. The van der Waals surface area contributed by atoms with E-state index in [0.29, 0.717) is 0 Å². The molecule has 0 amide bonds. The fourth-order valence-corrected chi connectivity index (χ4v) is 2.34. The van der Waals surface area contributed by atoms with Gasteiger partial charge in [-0.15, -0.1) is 0 Å².